The SMILES string of the molecule is CC(C)c1noc2ncc(C(=O)N3CCCC(C(C)N)C3)cc12. The van der Waals surface area contributed by atoms with Gasteiger partial charge in [0, 0.05) is 25.3 Å². The number of pyridine rings is 1. The normalized spacial score (nSPS) is 20.2. The van der Waals surface area contributed by atoms with E-state index in [2.05, 4.69) is 10.1 Å². The van der Waals surface area contributed by atoms with Crippen molar-refractivity contribution in [2.45, 2.75) is 45.6 Å². The van der Waals surface area contributed by atoms with Crippen molar-refractivity contribution in [3.63, 3.8) is 0 Å². The summed E-state index contributed by atoms with van der Waals surface area (Å²) in [5.74, 6) is 0.604. The number of fused-ring (bicyclic) bond motifs is 1. The van der Waals surface area contributed by atoms with Crippen molar-refractivity contribution in [1.82, 2.24) is 15.0 Å². The number of rotatable bonds is 3. The summed E-state index contributed by atoms with van der Waals surface area (Å²) < 4.78 is 5.24. The van der Waals surface area contributed by atoms with Gasteiger partial charge < -0.3 is 15.2 Å². The molecule has 2 atom stereocenters. The zero-order chi connectivity index (χ0) is 16.6. The molecule has 1 amide bonds. The summed E-state index contributed by atoms with van der Waals surface area (Å²) in [6, 6.07) is 1.96. The largest absolute Gasteiger partial charge is 0.338 e. The standard InChI is InChI=1S/C17H24N4O2/c1-10(2)15-14-7-13(8-19-16(14)23-20-15)17(22)21-6-4-5-12(9-21)11(3)18/h7-8,10-12H,4-6,9,18H2,1-3H3. The lowest BCUT2D eigenvalue weighted by atomic mass is 9.92. The smallest absolute Gasteiger partial charge is 0.257 e. The fraction of sp³-hybridized carbons (Fsp3) is 0.588. The Morgan fingerprint density at radius 2 is 2.22 bits per heavy atom. The Balaban J connectivity index is 1.87. The molecule has 2 aromatic heterocycles. The highest BCUT2D eigenvalue weighted by molar-refractivity contribution is 5.97. The molecule has 23 heavy (non-hydrogen) atoms. The summed E-state index contributed by atoms with van der Waals surface area (Å²) >= 11 is 0. The van der Waals surface area contributed by atoms with Crippen LogP contribution in [0.2, 0.25) is 0 Å². The molecule has 1 saturated heterocycles. The highest BCUT2D eigenvalue weighted by Crippen LogP contribution is 2.25. The molecule has 0 saturated carbocycles. The van der Waals surface area contributed by atoms with Gasteiger partial charge in [-0.3, -0.25) is 4.79 Å². The van der Waals surface area contributed by atoms with Gasteiger partial charge in [0.2, 0.25) is 0 Å². The Morgan fingerprint density at radius 1 is 1.43 bits per heavy atom. The molecule has 3 rings (SSSR count). The van der Waals surface area contributed by atoms with E-state index >= 15 is 0 Å². The number of likely N-dealkylation sites (tertiary alicyclic amines) is 1. The Morgan fingerprint density at radius 3 is 2.91 bits per heavy atom. The Hall–Kier alpha value is -1.95. The number of hydrogen-bond acceptors (Lipinski definition) is 5. The zero-order valence-corrected chi connectivity index (χ0v) is 14.0. The fourth-order valence-corrected chi connectivity index (χ4v) is 3.19. The molecule has 0 spiro atoms. The molecule has 1 aliphatic rings. The summed E-state index contributed by atoms with van der Waals surface area (Å²) in [5.41, 5.74) is 7.93. The highest BCUT2D eigenvalue weighted by atomic mass is 16.5. The molecule has 6 heteroatoms. The van der Waals surface area contributed by atoms with Crippen LogP contribution in [0.1, 0.15) is 55.6 Å². The minimum Gasteiger partial charge on any atom is -0.338 e. The third-order valence-corrected chi connectivity index (χ3v) is 4.64. The van der Waals surface area contributed by atoms with Gasteiger partial charge in [0.05, 0.1) is 16.6 Å². The second-order valence-corrected chi connectivity index (χ2v) is 6.81. The molecule has 0 aromatic carbocycles. The maximum atomic E-state index is 12.8. The van der Waals surface area contributed by atoms with E-state index in [1.54, 1.807) is 6.20 Å². The second kappa shape index (κ2) is 6.28. The molecule has 0 bridgehead atoms. The van der Waals surface area contributed by atoms with Crippen molar-refractivity contribution in [1.29, 1.82) is 0 Å². The van der Waals surface area contributed by atoms with Crippen LogP contribution in [0.4, 0.5) is 0 Å². The number of nitrogens with zero attached hydrogens (tertiary/aromatic N) is 3. The van der Waals surface area contributed by atoms with Crippen molar-refractivity contribution in [3.8, 4) is 0 Å². The van der Waals surface area contributed by atoms with Crippen LogP contribution in [0.5, 0.6) is 0 Å². The Kier molecular flexibility index (Phi) is 4.35. The van der Waals surface area contributed by atoms with Crippen molar-refractivity contribution in [3.05, 3.63) is 23.5 Å². The molecule has 1 aliphatic heterocycles. The Bertz CT molecular complexity index is 708. The van der Waals surface area contributed by atoms with Crippen molar-refractivity contribution < 1.29 is 9.32 Å². The molecule has 2 N–H and O–H groups in total. The van der Waals surface area contributed by atoms with Crippen LogP contribution in [-0.4, -0.2) is 40.1 Å². The number of nitrogens with two attached hydrogens (primary N) is 1. The van der Waals surface area contributed by atoms with Crippen molar-refractivity contribution in [2.24, 2.45) is 11.7 Å². The average molecular weight is 316 g/mol. The van der Waals surface area contributed by atoms with E-state index in [-0.39, 0.29) is 17.9 Å². The van der Waals surface area contributed by atoms with E-state index in [1.807, 2.05) is 31.7 Å². The first-order chi connectivity index (χ1) is 11.0. The molecule has 124 valence electrons. The first kappa shape index (κ1) is 15.9. The lowest BCUT2D eigenvalue weighted by Gasteiger charge is -2.34. The minimum atomic E-state index is 0.0145. The van der Waals surface area contributed by atoms with E-state index in [0.717, 1.165) is 37.0 Å². The zero-order valence-electron chi connectivity index (χ0n) is 14.0. The molecule has 2 aromatic rings. The van der Waals surface area contributed by atoms with Crippen LogP contribution in [0.15, 0.2) is 16.8 Å². The summed E-state index contributed by atoms with van der Waals surface area (Å²) in [4.78, 5) is 19.0. The van der Waals surface area contributed by atoms with Gasteiger partial charge >= 0.3 is 0 Å². The van der Waals surface area contributed by atoms with Crippen molar-refractivity contribution >= 4 is 17.0 Å². The molecule has 6 nitrogen and oxygen atoms in total. The van der Waals surface area contributed by atoms with E-state index in [1.165, 1.54) is 0 Å². The van der Waals surface area contributed by atoms with Crippen LogP contribution >= 0.6 is 0 Å². The first-order valence-corrected chi connectivity index (χ1v) is 8.27. The predicted molar refractivity (Wildman–Crippen MR) is 88.2 cm³/mol. The maximum Gasteiger partial charge on any atom is 0.257 e. The maximum absolute atomic E-state index is 12.8. The van der Waals surface area contributed by atoms with Crippen LogP contribution in [-0.2, 0) is 0 Å². The fourth-order valence-electron chi connectivity index (χ4n) is 3.19. The molecular formula is C17H24N4O2. The lowest BCUT2D eigenvalue weighted by Crippen LogP contribution is -2.45. The molecule has 0 aliphatic carbocycles. The molecule has 0 radical (unpaired) electrons. The van der Waals surface area contributed by atoms with Crippen molar-refractivity contribution in [2.75, 3.05) is 13.1 Å². The summed E-state index contributed by atoms with van der Waals surface area (Å²) in [6.45, 7) is 7.60. The number of hydrogen-bond donors (Lipinski definition) is 1. The summed E-state index contributed by atoms with van der Waals surface area (Å²) in [6.07, 6.45) is 3.66. The lowest BCUT2D eigenvalue weighted by molar-refractivity contribution is 0.0660. The second-order valence-electron chi connectivity index (χ2n) is 6.81. The van der Waals surface area contributed by atoms with E-state index in [4.69, 9.17) is 10.3 Å². The monoisotopic (exact) mass is 316 g/mol. The number of aromatic nitrogens is 2. The van der Waals surface area contributed by atoms with Gasteiger partial charge in [-0.2, -0.15) is 0 Å². The van der Waals surface area contributed by atoms with Gasteiger partial charge in [-0.15, -0.1) is 0 Å². The number of carbonyl (C=O) groups is 1. The molecular weight excluding hydrogens is 292 g/mol. The van der Waals surface area contributed by atoms with Crippen LogP contribution in [0, 0.1) is 5.92 Å². The van der Waals surface area contributed by atoms with Gasteiger partial charge in [0.25, 0.3) is 11.6 Å². The van der Waals surface area contributed by atoms with Crippen LogP contribution < -0.4 is 5.73 Å². The van der Waals surface area contributed by atoms with Gasteiger partial charge in [-0.05, 0) is 37.7 Å². The summed E-state index contributed by atoms with van der Waals surface area (Å²) in [5, 5.41) is 4.89. The van der Waals surface area contributed by atoms with Gasteiger partial charge in [-0.25, -0.2) is 4.98 Å². The van der Waals surface area contributed by atoms with E-state index in [9.17, 15) is 4.79 Å². The topological polar surface area (TPSA) is 85.2 Å². The molecule has 1 fully saturated rings. The Labute approximate surface area is 136 Å². The quantitative estimate of drug-likeness (QED) is 0.940. The predicted octanol–water partition coefficient (Wildman–Crippen LogP) is 2.55. The summed E-state index contributed by atoms with van der Waals surface area (Å²) in [7, 11) is 0. The number of amides is 1. The van der Waals surface area contributed by atoms with E-state index < -0.39 is 0 Å². The van der Waals surface area contributed by atoms with Crippen LogP contribution in [0.25, 0.3) is 11.1 Å². The highest BCUT2D eigenvalue weighted by Gasteiger charge is 2.27. The minimum absolute atomic E-state index is 0.0145. The number of piperidine rings is 1. The van der Waals surface area contributed by atoms with Gasteiger partial charge in [-0.1, -0.05) is 19.0 Å². The molecule has 3 heterocycles. The van der Waals surface area contributed by atoms with Gasteiger partial charge in [0.15, 0.2) is 0 Å². The average Bonchev–Trinajstić information content (AvgIpc) is 2.97. The first-order valence-electron chi connectivity index (χ1n) is 8.27. The molecule has 2 unspecified atom stereocenters. The van der Waals surface area contributed by atoms with E-state index in [0.29, 0.717) is 17.2 Å². The third-order valence-electron chi connectivity index (χ3n) is 4.64. The van der Waals surface area contributed by atoms with Gasteiger partial charge in [0.1, 0.15) is 0 Å². The van der Waals surface area contributed by atoms with Crippen LogP contribution in [0.3, 0.4) is 0 Å². The number of carbonyl (C=O) groups excluding carboxylic acids is 1. The third kappa shape index (κ3) is 3.08.